The molecular weight excluding hydrogens is 228 g/mol. The third-order valence-electron chi connectivity index (χ3n) is 3.13. The van der Waals surface area contributed by atoms with Crippen LogP contribution in [0.25, 0.3) is 0 Å². The lowest BCUT2D eigenvalue weighted by atomic mass is 10.3. The fourth-order valence-electron chi connectivity index (χ4n) is 2.04. The molecule has 4 nitrogen and oxygen atoms in total. The fourth-order valence-corrected chi connectivity index (χ4v) is 2.04. The molecule has 18 heavy (non-hydrogen) atoms. The number of rotatable bonds is 7. The van der Waals surface area contributed by atoms with Crippen LogP contribution in [-0.4, -0.2) is 41.7 Å². The van der Waals surface area contributed by atoms with Gasteiger partial charge in [-0.05, 0) is 25.0 Å². The number of hydrogen-bond donors (Lipinski definition) is 2. The molecule has 98 valence electrons. The largest absolute Gasteiger partial charge is 0.395 e. The monoisotopic (exact) mass is 248 g/mol. The predicted molar refractivity (Wildman–Crippen MR) is 71.4 cm³/mol. The molecule has 0 atom stereocenters. The number of carbonyl (C=O) groups excluding carboxylic acids is 1. The molecule has 1 aromatic rings. The Hall–Kier alpha value is -1.39. The molecule has 0 unspecified atom stereocenters. The zero-order valence-corrected chi connectivity index (χ0v) is 10.5. The SMILES string of the molecule is O=C(CCN(CCO)C1CC1)Nc1ccccc1. The van der Waals surface area contributed by atoms with Crippen LogP contribution in [0.15, 0.2) is 30.3 Å². The van der Waals surface area contributed by atoms with Gasteiger partial charge in [0.25, 0.3) is 0 Å². The molecule has 0 heterocycles. The van der Waals surface area contributed by atoms with E-state index in [4.69, 9.17) is 5.11 Å². The molecule has 1 aliphatic carbocycles. The van der Waals surface area contributed by atoms with E-state index in [0.717, 1.165) is 12.2 Å². The van der Waals surface area contributed by atoms with Gasteiger partial charge in [0, 0.05) is 31.2 Å². The van der Waals surface area contributed by atoms with Crippen molar-refractivity contribution < 1.29 is 9.90 Å². The highest BCUT2D eigenvalue weighted by Crippen LogP contribution is 2.26. The summed E-state index contributed by atoms with van der Waals surface area (Å²) in [6.45, 7) is 1.56. The van der Waals surface area contributed by atoms with Crippen LogP contribution in [0.2, 0.25) is 0 Å². The van der Waals surface area contributed by atoms with Gasteiger partial charge in [-0.15, -0.1) is 0 Å². The molecule has 2 N–H and O–H groups in total. The first-order valence-corrected chi connectivity index (χ1v) is 6.49. The molecule has 2 rings (SSSR count). The summed E-state index contributed by atoms with van der Waals surface area (Å²) in [5.74, 6) is 0.0322. The standard InChI is InChI=1S/C14H20N2O2/c17-11-10-16(13-6-7-13)9-8-14(18)15-12-4-2-1-3-5-12/h1-5,13,17H,6-11H2,(H,15,18). The number of nitrogens with one attached hydrogen (secondary N) is 1. The summed E-state index contributed by atoms with van der Waals surface area (Å²) >= 11 is 0. The first-order valence-electron chi connectivity index (χ1n) is 6.49. The first kappa shape index (κ1) is 13.1. The van der Waals surface area contributed by atoms with Crippen molar-refractivity contribution in [3.05, 3.63) is 30.3 Å². The Morgan fingerprint density at radius 3 is 2.61 bits per heavy atom. The maximum Gasteiger partial charge on any atom is 0.225 e. The van der Waals surface area contributed by atoms with Crippen molar-refractivity contribution in [3.63, 3.8) is 0 Å². The summed E-state index contributed by atoms with van der Waals surface area (Å²) in [6.07, 6.45) is 2.87. The first-order chi connectivity index (χ1) is 8.79. The van der Waals surface area contributed by atoms with Crippen LogP contribution in [0.4, 0.5) is 5.69 Å². The molecule has 0 spiro atoms. The highest BCUT2D eigenvalue weighted by molar-refractivity contribution is 5.90. The number of para-hydroxylation sites is 1. The van der Waals surface area contributed by atoms with Crippen LogP contribution in [-0.2, 0) is 4.79 Å². The number of amides is 1. The molecule has 0 aliphatic heterocycles. The van der Waals surface area contributed by atoms with Gasteiger partial charge in [0.2, 0.25) is 5.91 Å². The van der Waals surface area contributed by atoms with Crippen molar-refractivity contribution in [2.45, 2.75) is 25.3 Å². The van der Waals surface area contributed by atoms with E-state index in [-0.39, 0.29) is 12.5 Å². The minimum Gasteiger partial charge on any atom is -0.395 e. The average molecular weight is 248 g/mol. The molecule has 0 bridgehead atoms. The summed E-state index contributed by atoms with van der Waals surface area (Å²) in [7, 11) is 0. The van der Waals surface area contributed by atoms with Gasteiger partial charge in [0.05, 0.1) is 6.61 Å². The molecular formula is C14H20N2O2. The Balaban J connectivity index is 1.73. The van der Waals surface area contributed by atoms with E-state index in [1.54, 1.807) is 0 Å². The molecule has 1 amide bonds. The van der Waals surface area contributed by atoms with Gasteiger partial charge < -0.3 is 10.4 Å². The van der Waals surface area contributed by atoms with Crippen molar-refractivity contribution in [2.75, 3.05) is 25.0 Å². The Morgan fingerprint density at radius 2 is 2.00 bits per heavy atom. The highest BCUT2D eigenvalue weighted by Gasteiger charge is 2.28. The second-order valence-corrected chi connectivity index (χ2v) is 4.65. The summed E-state index contributed by atoms with van der Waals surface area (Å²) in [6, 6.07) is 10.1. The summed E-state index contributed by atoms with van der Waals surface area (Å²) in [5.41, 5.74) is 0.836. The summed E-state index contributed by atoms with van der Waals surface area (Å²) < 4.78 is 0. The van der Waals surface area contributed by atoms with Crippen molar-refractivity contribution in [2.24, 2.45) is 0 Å². The number of benzene rings is 1. The molecule has 1 aromatic carbocycles. The Labute approximate surface area is 108 Å². The quantitative estimate of drug-likeness (QED) is 0.768. The van der Waals surface area contributed by atoms with Gasteiger partial charge in [-0.25, -0.2) is 0 Å². The van der Waals surface area contributed by atoms with Gasteiger partial charge in [0.1, 0.15) is 0 Å². The lowest BCUT2D eigenvalue weighted by Gasteiger charge is -2.20. The van der Waals surface area contributed by atoms with E-state index in [2.05, 4.69) is 10.2 Å². The van der Waals surface area contributed by atoms with Crippen LogP contribution in [0.1, 0.15) is 19.3 Å². The van der Waals surface area contributed by atoms with Crippen molar-refractivity contribution >= 4 is 11.6 Å². The summed E-state index contributed by atoms with van der Waals surface area (Å²) in [4.78, 5) is 14.0. The molecule has 0 saturated heterocycles. The van der Waals surface area contributed by atoms with Crippen molar-refractivity contribution in [1.29, 1.82) is 0 Å². The van der Waals surface area contributed by atoms with Gasteiger partial charge in [-0.1, -0.05) is 18.2 Å². The van der Waals surface area contributed by atoms with Gasteiger partial charge >= 0.3 is 0 Å². The van der Waals surface area contributed by atoms with Crippen molar-refractivity contribution in [1.82, 2.24) is 4.90 Å². The average Bonchev–Trinajstić information content (AvgIpc) is 3.20. The van der Waals surface area contributed by atoms with E-state index in [9.17, 15) is 4.79 Å². The molecule has 1 aliphatic rings. The third kappa shape index (κ3) is 4.13. The smallest absolute Gasteiger partial charge is 0.225 e. The van der Waals surface area contributed by atoms with E-state index in [0.29, 0.717) is 19.0 Å². The predicted octanol–water partition coefficient (Wildman–Crippen LogP) is 1.47. The molecule has 1 fully saturated rings. The third-order valence-corrected chi connectivity index (χ3v) is 3.13. The topological polar surface area (TPSA) is 52.6 Å². The number of aliphatic hydroxyl groups excluding tert-OH is 1. The Morgan fingerprint density at radius 1 is 1.28 bits per heavy atom. The fraction of sp³-hybridized carbons (Fsp3) is 0.500. The van der Waals surface area contributed by atoms with Gasteiger partial charge in [-0.2, -0.15) is 0 Å². The molecule has 0 aromatic heterocycles. The van der Waals surface area contributed by atoms with Crippen LogP contribution in [0.3, 0.4) is 0 Å². The van der Waals surface area contributed by atoms with Gasteiger partial charge in [-0.3, -0.25) is 9.69 Å². The minimum atomic E-state index is 0.0322. The molecule has 4 heteroatoms. The molecule has 1 saturated carbocycles. The maximum absolute atomic E-state index is 11.8. The lowest BCUT2D eigenvalue weighted by Crippen LogP contribution is -2.32. The zero-order chi connectivity index (χ0) is 12.8. The van der Waals surface area contributed by atoms with E-state index >= 15 is 0 Å². The second-order valence-electron chi connectivity index (χ2n) is 4.65. The number of hydrogen-bond acceptors (Lipinski definition) is 3. The van der Waals surface area contributed by atoms with Gasteiger partial charge in [0.15, 0.2) is 0 Å². The number of aliphatic hydroxyl groups is 1. The number of carbonyl (C=O) groups is 1. The second kappa shape index (κ2) is 6.52. The van der Waals surface area contributed by atoms with Crippen LogP contribution >= 0.6 is 0 Å². The van der Waals surface area contributed by atoms with E-state index in [1.165, 1.54) is 12.8 Å². The highest BCUT2D eigenvalue weighted by atomic mass is 16.3. The zero-order valence-electron chi connectivity index (χ0n) is 10.5. The van der Waals surface area contributed by atoms with E-state index in [1.807, 2.05) is 30.3 Å². The van der Waals surface area contributed by atoms with Crippen LogP contribution in [0, 0.1) is 0 Å². The Kier molecular flexibility index (Phi) is 4.73. The van der Waals surface area contributed by atoms with Crippen molar-refractivity contribution in [3.8, 4) is 0 Å². The summed E-state index contributed by atoms with van der Waals surface area (Å²) in [5, 5.41) is 11.8. The Bertz CT molecular complexity index is 377. The minimum absolute atomic E-state index is 0.0322. The maximum atomic E-state index is 11.8. The number of nitrogens with zero attached hydrogens (tertiary/aromatic N) is 1. The van der Waals surface area contributed by atoms with E-state index < -0.39 is 0 Å². The molecule has 0 radical (unpaired) electrons. The number of anilines is 1. The lowest BCUT2D eigenvalue weighted by molar-refractivity contribution is -0.116. The van der Waals surface area contributed by atoms with Crippen LogP contribution in [0.5, 0.6) is 0 Å². The normalized spacial score (nSPS) is 14.8. The van der Waals surface area contributed by atoms with Crippen LogP contribution < -0.4 is 5.32 Å².